The van der Waals surface area contributed by atoms with Gasteiger partial charge in [0.1, 0.15) is 17.1 Å². The van der Waals surface area contributed by atoms with E-state index in [1.54, 1.807) is 19.1 Å². The van der Waals surface area contributed by atoms with Gasteiger partial charge >= 0.3 is 5.97 Å². The largest absolute Gasteiger partial charge is 0.496 e. The molecule has 3 N–H and O–H groups in total. The first-order valence-electron chi connectivity index (χ1n) is 7.54. The van der Waals surface area contributed by atoms with Gasteiger partial charge in [0.25, 0.3) is 0 Å². The van der Waals surface area contributed by atoms with E-state index in [0.717, 1.165) is 12.8 Å². The second kappa shape index (κ2) is 8.92. The van der Waals surface area contributed by atoms with Gasteiger partial charge in [0.05, 0.1) is 12.9 Å². The van der Waals surface area contributed by atoms with E-state index in [0.29, 0.717) is 17.9 Å². The standard InChI is InChI=1S/C17H24N2O4/c1-11(5-4-8-19-12(2)18)15(20)10-13-6-7-16(23-3)14(9-13)17(21)22/h6-7,9,11H,4-5,8,10H2,1-3H3,(H2,18,19)(H,21,22)/t11-/m1/s1. The minimum absolute atomic E-state index is 0.0678. The summed E-state index contributed by atoms with van der Waals surface area (Å²) in [6, 6.07) is 4.79. The van der Waals surface area contributed by atoms with Gasteiger partial charge < -0.3 is 15.6 Å². The highest BCUT2D eigenvalue weighted by molar-refractivity contribution is 5.91. The Morgan fingerprint density at radius 2 is 2.09 bits per heavy atom. The van der Waals surface area contributed by atoms with Crippen LogP contribution in [0.15, 0.2) is 23.2 Å². The molecule has 0 aliphatic heterocycles. The number of nitrogens with zero attached hydrogens (tertiary/aromatic N) is 1. The quantitative estimate of drug-likeness (QED) is 0.413. The van der Waals surface area contributed by atoms with E-state index < -0.39 is 5.97 Å². The van der Waals surface area contributed by atoms with Crippen molar-refractivity contribution >= 4 is 17.6 Å². The summed E-state index contributed by atoms with van der Waals surface area (Å²) in [6.45, 7) is 4.23. The highest BCUT2D eigenvalue weighted by Crippen LogP contribution is 2.21. The van der Waals surface area contributed by atoms with Crippen molar-refractivity contribution in [1.82, 2.24) is 0 Å². The average Bonchev–Trinajstić information content (AvgIpc) is 2.50. The van der Waals surface area contributed by atoms with Crippen LogP contribution in [-0.2, 0) is 11.2 Å². The Labute approximate surface area is 136 Å². The Bertz CT molecular complexity index is 592. The fourth-order valence-corrected chi connectivity index (χ4v) is 2.22. The van der Waals surface area contributed by atoms with Crippen LogP contribution in [0.4, 0.5) is 0 Å². The average molecular weight is 320 g/mol. The zero-order chi connectivity index (χ0) is 17.4. The highest BCUT2D eigenvalue weighted by Gasteiger charge is 2.16. The number of carbonyl (C=O) groups is 2. The third-order valence-corrected chi connectivity index (χ3v) is 3.58. The molecule has 0 heterocycles. The summed E-state index contributed by atoms with van der Waals surface area (Å²) in [6.07, 6.45) is 1.74. The van der Waals surface area contributed by atoms with E-state index in [9.17, 15) is 9.59 Å². The van der Waals surface area contributed by atoms with Gasteiger partial charge in [-0.15, -0.1) is 0 Å². The molecule has 1 atom stereocenters. The van der Waals surface area contributed by atoms with Crippen LogP contribution in [0, 0.1) is 5.92 Å². The number of aliphatic imine (C=N–C) groups is 1. The van der Waals surface area contributed by atoms with E-state index in [2.05, 4.69) is 4.99 Å². The van der Waals surface area contributed by atoms with Gasteiger partial charge in [-0.3, -0.25) is 9.79 Å². The van der Waals surface area contributed by atoms with Crippen molar-refractivity contribution in [3.63, 3.8) is 0 Å². The van der Waals surface area contributed by atoms with Gasteiger partial charge in [0, 0.05) is 18.9 Å². The van der Waals surface area contributed by atoms with Gasteiger partial charge in [0.2, 0.25) is 0 Å². The third kappa shape index (κ3) is 6.10. The van der Waals surface area contributed by atoms with Crippen LogP contribution in [-0.4, -0.2) is 36.3 Å². The monoisotopic (exact) mass is 320 g/mol. The zero-order valence-corrected chi connectivity index (χ0v) is 13.8. The van der Waals surface area contributed by atoms with Crippen molar-refractivity contribution in [3.05, 3.63) is 29.3 Å². The summed E-state index contributed by atoms with van der Waals surface area (Å²) >= 11 is 0. The first-order chi connectivity index (χ1) is 10.8. The second-order valence-electron chi connectivity index (χ2n) is 5.55. The van der Waals surface area contributed by atoms with Gasteiger partial charge in [0.15, 0.2) is 0 Å². The fraction of sp³-hybridized carbons (Fsp3) is 0.471. The number of Topliss-reactive ketones (excluding diaryl/α,β-unsaturated/α-hetero) is 1. The number of benzene rings is 1. The van der Waals surface area contributed by atoms with E-state index in [-0.39, 0.29) is 29.4 Å². The van der Waals surface area contributed by atoms with E-state index in [1.165, 1.54) is 13.2 Å². The smallest absolute Gasteiger partial charge is 0.339 e. The van der Waals surface area contributed by atoms with E-state index in [4.69, 9.17) is 15.6 Å². The molecule has 1 aromatic carbocycles. The van der Waals surface area contributed by atoms with Gasteiger partial charge in [-0.25, -0.2) is 4.79 Å². The van der Waals surface area contributed by atoms with Gasteiger partial charge in [-0.2, -0.15) is 0 Å². The minimum Gasteiger partial charge on any atom is -0.496 e. The number of carbonyl (C=O) groups excluding carboxylic acids is 1. The molecule has 126 valence electrons. The number of nitrogens with two attached hydrogens (primary N) is 1. The van der Waals surface area contributed by atoms with Crippen LogP contribution in [0.3, 0.4) is 0 Å². The van der Waals surface area contributed by atoms with Crippen LogP contribution in [0.2, 0.25) is 0 Å². The van der Waals surface area contributed by atoms with Crippen LogP contribution >= 0.6 is 0 Å². The molecule has 23 heavy (non-hydrogen) atoms. The summed E-state index contributed by atoms with van der Waals surface area (Å²) in [5.41, 5.74) is 6.20. The predicted molar refractivity (Wildman–Crippen MR) is 89.2 cm³/mol. The topological polar surface area (TPSA) is 102 Å². The van der Waals surface area contributed by atoms with Gasteiger partial charge in [-0.05, 0) is 37.5 Å². The number of amidine groups is 1. The Morgan fingerprint density at radius 1 is 1.39 bits per heavy atom. The molecular formula is C17H24N2O4. The minimum atomic E-state index is -1.07. The number of methoxy groups -OCH3 is 1. The van der Waals surface area contributed by atoms with Crippen molar-refractivity contribution in [1.29, 1.82) is 0 Å². The lowest BCUT2D eigenvalue weighted by Gasteiger charge is -2.11. The molecule has 0 radical (unpaired) electrons. The molecule has 0 aliphatic rings. The summed E-state index contributed by atoms with van der Waals surface area (Å²) in [5, 5.41) is 9.17. The molecule has 6 nitrogen and oxygen atoms in total. The third-order valence-electron chi connectivity index (χ3n) is 3.58. The van der Waals surface area contributed by atoms with Crippen molar-refractivity contribution in [2.75, 3.05) is 13.7 Å². The summed E-state index contributed by atoms with van der Waals surface area (Å²) in [4.78, 5) is 27.5. The van der Waals surface area contributed by atoms with Crippen LogP contribution < -0.4 is 10.5 Å². The molecule has 0 fully saturated rings. The molecular weight excluding hydrogens is 296 g/mol. The lowest BCUT2D eigenvalue weighted by Crippen LogP contribution is -2.15. The normalized spacial score (nSPS) is 12.7. The number of ether oxygens (including phenoxy) is 1. The number of carboxylic acid groups (broad SMARTS) is 1. The number of carboxylic acids is 1. The molecule has 0 bridgehead atoms. The number of rotatable bonds is 9. The molecule has 0 saturated carbocycles. The molecule has 0 amide bonds. The lowest BCUT2D eigenvalue weighted by molar-refractivity contribution is -0.121. The van der Waals surface area contributed by atoms with Crippen molar-refractivity contribution in [2.45, 2.75) is 33.1 Å². The van der Waals surface area contributed by atoms with Crippen LogP contribution in [0.5, 0.6) is 5.75 Å². The maximum Gasteiger partial charge on any atom is 0.339 e. The van der Waals surface area contributed by atoms with Crippen molar-refractivity contribution in [3.8, 4) is 5.75 Å². The molecule has 0 aromatic heterocycles. The van der Waals surface area contributed by atoms with E-state index >= 15 is 0 Å². The summed E-state index contributed by atoms with van der Waals surface area (Å²) in [7, 11) is 1.42. The first-order valence-corrected chi connectivity index (χ1v) is 7.54. The fourth-order valence-electron chi connectivity index (χ4n) is 2.22. The zero-order valence-electron chi connectivity index (χ0n) is 13.8. The van der Waals surface area contributed by atoms with Gasteiger partial charge in [-0.1, -0.05) is 13.0 Å². The number of hydrogen-bond donors (Lipinski definition) is 2. The predicted octanol–water partition coefficient (Wildman–Crippen LogP) is 2.30. The summed E-state index contributed by atoms with van der Waals surface area (Å²) < 4.78 is 5.01. The molecule has 6 heteroatoms. The SMILES string of the molecule is COc1ccc(CC(=O)[C@H](C)CCCN=C(C)N)cc1C(=O)O. The summed E-state index contributed by atoms with van der Waals surface area (Å²) in [5.74, 6) is -0.252. The Morgan fingerprint density at radius 3 is 2.65 bits per heavy atom. The molecule has 1 aromatic rings. The Kier molecular flexibility index (Phi) is 7.25. The van der Waals surface area contributed by atoms with Crippen LogP contribution in [0.1, 0.15) is 42.6 Å². The lowest BCUT2D eigenvalue weighted by atomic mass is 9.94. The number of hydrogen-bond acceptors (Lipinski definition) is 4. The second-order valence-corrected chi connectivity index (χ2v) is 5.55. The van der Waals surface area contributed by atoms with Crippen molar-refractivity contribution < 1.29 is 19.4 Å². The number of ketones is 1. The molecule has 0 aliphatic carbocycles. The maximum atomic E-state index is 12.2. The first kappa shape index (κ1) is 18.7. The van der Waals surface area contributed by atoms with E-state index in [1.807, 2.05) is 6.92 Å². The highest BCUT2D eigenvalue weighted by atomic mass is 16.5. The Hall–Kier alpha value is -2.37. The molecule has 0 spiro atoms. The Balaban J connectivity index is 2.64. The molecule has 0 saturated heterocycles. The number of aromatic carboxylic acids is 1. The maximum absolute atomic E-state index is 12.2. The van der Waals surface area contributed by atoms with Crippen LogP contribution in [0.25, 0.3) is 0 Å². The molecule has 0 unspecified atom stereocenters. The van der Waals surface area contributed by atoms with Crippen molar-refractivity contribution in [2.24, 2.45) is 16.6 Å². The molecule has 1 rings (SSSR count).